The average Bonchev–Trinajstić information content (AvgIpc) is 2.03. The van der Waals surface area contributed by atoms with Crippen molar-refractivity contribution >= 4 is 11.8 Å². The molecule has 0 saturated carbocycles. The molecule has 0 aliphatic heterocycles. The lowest BCUT2D eigenvalue weighted by molar-refractivity contribution is -0.302. The molecular weight excluding hydrogens is 160 g/mol. The number of rotatable bonds is 4. The van der Waals surface area contributed by atoms with Crippen molar-refractivity contribution in [3.8, 4) is 0 Å². The summed E-state index contributed by atoms with van der Waals surface area (Å²) in [5, 5.41) is 18.5. The molecule has 0 aliphatic rings. The van der Waals surface area contributed by atoms with Gasteiger partial charge in [-0.3, -0.25) is 4.79 Å². The summed E-state index contributed by atoms with van der Waals surface area (Å²) in [6, 6.07) is 0. The molecule has 0 heterocycles. The first-order valence-electron chi connectivity index (χ1n) is 3.03. The van der Waals surface area contributed by atoms with Crippen molar-refractivity contribution in [3.05, 3.63) is 36.6 Å². The molecule has 0 aromatic carbocycles. The number of hydrogen-bond donors (Lipinski definition) is 1. The van der Waals surface area contributed by atoms with E-state index in [0.717, 1.165) is 24.3 Å². The monoisotopic (exact) mass is 167 g/mol. The molecule has 64 valence electrons. The van der Waals surface area contributed by atoms with Crippen molar-refractivity contribution in [2.24, 2.45) is 0 Å². The Bertz CT molecular complexity index is 260. The SMILES string of the molecule is C=CC(=O)/C=C\C=C(\[O-])C(=O)O. The van der Waals surface area contributed by atoms with Crippen molar-refractivity contribution in [3.63, 3.8) is 0 Å². The third-order valence-corrected chi connectivity index (χ3v) is 0.920. The zero-order valence-corrected chi connectivity index (χ0v) is 6.19. The van der Waals surface area contributed by atoms with Gasteiger partial charge in [0.1, 0.15) is 0 Å². The van der Waals surface area contributed by atoms with Crippen molar-refractivity contribution < 1.29 is 19.8 Å². The third-order valence-electron chi connectivity index (χ3n) is 0.920. The highest BCUT2D eigenvalue weighted by molar-refractivity contribution is 5.99. The van der Waals surface area contributed by atoms with Crippen LogP contribution in [0.4, 0.5) is 0 Å². The summed E-state index contributed by atoms with van der Waals surface area (Å²) in [4.78, 5) is 20.4. The predicted molar refractivity (Wildman–Crippen MR) is 40.1 cm³/mol. The van der Waals surface area contributed by atoms with Crippen LogP contribution in [0.5, 0.6) is 0 Å². The summed E-state index contributed by atoms with van der Waals surface area (Å²) in [6.07, 6.45) is 3.97. The van der Waals surface area contributed by atoms with Gasteiger partial charge >= 0.3 is 5.97 Å². The maximum atomic E-state index is 10.5. The number of carboxylic acid groups (broad SMARTS) is 1. The number of hydrogen-bond acceptors (Lipinski definition) is 3. The minimum atomic E-state index is -1.55. The fraction of sp³-hybridized carbons (Fsp3) is 0. The van der Waals surface area contributed by atoms with Gasteiger partial charge in [-0.2, -0.15) is 0 Å². The van der Waals surface area contributed by atoms with Gasteiger partial charge in [-0.05, 0) is 17.9 Å². The molecule has 1 N–H and O–H groups in total. The zero-order chi connectivity index (χ0) is 9.56. The molecule has 4 heteroatoms. The first kappa shape index (κ1) is 10.2. The van der Waals surface area contributed by atoms with Gasteiger partial charge in [0.2, 0.25) is 0 Å². The van der Waals surface area contributed by atoms with Gasteiger partial charge in [0, 0.05) is 0 Å². The fourth-order valence-corrected chi connectivity index (χ4v) is 0.370. The van der Waals surface area contributed by atoms with E-state index < -0.39 is 11.7 Å². The highest BCUT2D eigenvalue weighted by atomic mass is 16.4. The molecule has 12 heavy (non-hydrogen) atoms. The smallest absolute Gasteiger partial charge is 0.320 e. The second-order valence-corrected chi connectivity index (χ2v) is 1.80. The summed E-state index contributed by atoms with van der Waals surface area (Å²) >= 11 is 0. The Morgan fingerprint density at radius 1 is 1.42 bits per heavy atom. The molecule has 0 aromatic rings. The van der Waals surface area contributed by atoms with Crippen LogP contribution in [0, 0.1) is 0 Å². The number of aliphatic carboxylic acids is 1. The van der Waals surface area contributed by atoms with Crippen LogP contribution in [0.15, 0.2) is 36.6 Å². The van der Waals surface area contributed by atoms with Crippen LogP contribution >= 0.6 is 0 Å². The summed E-state index contributed by atoms with van der Waals surface area (Å²) < 4.78 is 0. The highest BCUT2D eigenvalue weighted by Gasteiger charge is 1.89. The van der Waals surface area contributed by atoms with Gasteiger partial charge < -0.3 is 10.2 Å². The molecule has 0 unspecified atom stereocenters. The Hall–Kier alpha value is -1.84. The Labute approximate surface area is 69.1 Å². The van der Waals surface area contributed by atoms with Gasteiger partial charge in [-0.15, -0.1) is 0 Å². The van der Waals surface area contributed by atoms with Gasteiger partial charge in [0.05, 0.1) is 0 Å². The Morgan fingerprint density at radius 2 is 2.00 bits per heavy atom. The highest BCUT2D eigenvalue weighted by Crippen LogP contribution is 1.85. The zero-order valence-electron chi connectivity index (χ0n) is 6.19. The van der Waals surface area contributed by atoms with Crippen LogP contribution < -0.4 is 5.11 Å². The number of ketones is 1. The van der Waals surface area contributed by atoms with E-state index in [4.69, 9.17) is 5.11 Å². The van der Waals surface area contributed by atoms with Gasteiger partial charge in [0.25, 0.3) is 0 Å². The Kier molecular flexibility index (Phi) is 4.15. The van der Waals surface area contributed by atoms with Crippen molar-refractivity contribution in [1.82, 2.24) is 0 Å². The van der Waals surface area contributed by atoms with Crippen LogP contribution in [0.25, 0.3) is 0 Å². The van der Waals surface area contributed by atoms with Gasteiger partial charge in [-0.1, -0.05) is 18.7 Å². The van der Waals surface area contributed by atoms with E-state index in [9.17, 15) is 14.7 Å². The molecule has 0 radical (unpaired) electrons. The fourth-order valence-electron chi connectivity index (χ4n) is 0.370. The largest absolute Gasteiger partial charge is 0.868 e. The van der Waals surface area contributed by atoms with Crippen molar-refractivity contribution in [2.45, 2.75) is 0 Å². The van der Waals surface area contributed by atoms with E-state index in [-0.39, 0.29) is 5.78 Å². The number of carbonyl (C=O) groups excluding carboxylic acids is 1. The van der Waals surface area contributed by atoms with Crippen LogP contribution in [-0.4, -0.2) is 16.9 Å². The summed E-state index contributed by atoms with van der Waals surface area (Å²) in [5.41, 5.74) is 0. The van der Waals surface area contributed by atoms with E-state index in [2.05, 4.69) is 6.58 Å². The maximum absolute atomic E-state index is 10.5. The normalized spacial score (nSPS) is 11.5. The number of carboxylic acids is 1. The molecule has 0 rings (SSSR count). The minimum Gasteiger partial charge on any atom is -0.868 e. The molecule has 0 aromatic heterocycles. The molecule has 0 fully saturated rings. The van der Waals surface area contributed by atoms with Crippen molar-refractivity contribution in [1.29, 1.82) is 0 Å². The van der Waals surface area contributed by atoms with E-state index in [1.54, 1.807) is 0 Å². The lowest BCUT2D eigenvalue weighted by Crippen LogP contribution is -2.13. The molecule has 0 amide bonds. The molecule has 4 nitrogen and oxygen atoms in total. The summed E-state index contributed by atoms with van der Waals surface area (Å²) in [6.45, 7) is 3.18. The predicted octanol–water partition coefficient (Wildman–Crippen LogP) is -0.373. The van der Waals surface area contributed by atoms with Crippen LogP contribution in [-0.2, 0) is 9.59 Å². The molecular formula is C8H7O4-. The standard InChI is InChI=1S/C8H8O4/c1-2-6(9)4-3-5-7(10)8(11)12/h2-5,10H,1H2,(H,11,12)/p-1/b4-3-,7-5+. The van der Waals surface area contributed by atoms with E-state index in [1.807, 2.05) is 0 Å². The molecule has 0 bridgehead atoms. The summed E-state index contributed by atoms with van der Waals surface area (Å²) in [5.74, 6) is -3.00. The molecule has 0 spiro atoms. The summed E-state index contributed by atoms with van der Waals surface area (Å²) in [7, 11) is 0. The molecule has 0 aliphatic carbocycles. The molecule has 0 atom stereocenters. The average molecular weight is 167 g/mol. The van der Waals surface area contributed by atoms with Gasteiger partial charge in [0.15, 0.2) is 5.78 Å². The van der Waals surface area contributed by atoms with Gasteiger partial charge in [-0.25, -0.2) is 4.79 Å². The number of allylic oxidation sites excluding steroid dienone is 4. The first-order chi connectivity index (χ1) is 5.57. The van der Waals surface area contributed by atoms with Crippen LogP contribution in [0.3, 0.4) is 0 Å². The lowest BCUT2D eigenvalue weighted by Gasteiger charge is -2.01. The lowest BCUT2D eigenvalue weighted by atomic mass is 10.3. The van der Waals surface area contributed by atoms with Crippen molar-refractivity contribution in [2.75, 3.05) is 0 Å². The minimum absolute atomic E-state index is 0.385. The van der Waals surface area contributed by atoms with E-state index >= 15 is 0 Å². The first-order valence-corrected chi connectivity index (χ1v) is 3.03. The number of carbonyl (C=O) groups is 2. The van der Waals surface area contributed by atoms with Crippen LogP contribution in [0.1, 0.15) is 0 Å². The third kappa shape index (κ3) is 4.05. The Morgan fingerprint density at radius 3 is 2.42 bits per heavy atom. The second kappa shape index (κ2) is 4.90. The van der Waals surface area contributed by atoms with Crippen LogP contribution in [0.2, 0.25) is 0 Å². The Balaban J connectivity index is 4.21. The topological polar surface area (TPSA) is 77.4 Å². The molecule has 0 saturated heterocycles. The maximum Gasteiger partial charge on any atom is 0.320 e. The van der Waals surface area contributed by atoms with E-state index in [1.165, 1.54) is 0 Å². The quantitative estimate of drug-likeness (QED) is 0.352. The van der Waals surface area contributed by atoms with E-state index in [0.29, 0.717) is 0 Å². The second-order valence-electron chi connectivity index (χ2n) is 1.80.